The number of halogens is 2. The minimum Gasteiger partial charge on any atom is -0.482 e. The van der Waals surface area contributed by atoms with Crippen molar-refractivity contribution >= 4 is 61.5 Å². The average molecular weight is 481 g/mol. The van der Waals surface area contributed by atoms with Gasteiger partial charge in [-0.3, -0.25) is 14.9 Å². The van der Waals surface area contributed by atoms with Crippen molar-refractivity contribution in [2.75, 3.05) is 17.2 Å². The van der Waals surface area contributed by atoms with Gasteiger partial charge in [-0.2, -0.15) is 0 Å². The van der Waals surface area contributed by atoms with E-state index in [0.717, 1.165) is 15.7 Å². The van der Waals surface area contributed by atoms with E-state index in [0.29, 0.717) is 21.6 Å². The predicted molar refractivity (Wildman–Crippen MR) is 115 cm³/mol. The minimum atomic E-state index is -0.333. The lowest BCUT2D eigenvalue weighted by molar-refractivity contribution is -0.118. The Kier molecular flexibility index (Phi) is 6.66. The summed E-state index contributed by atoms with van der Waals surface area (Å²) in [5.74, 6) is -0.0296. The molecule has 2 N–H and O–H groups in total. The number of anilines is 2. The molecule has 28 heavy (non-hydrogen) atoms. The molecule has 2 aromatic carbocycles. The topological polar surface area (TPSA) is 80.3 Å². The molecular formula is C19H15BrClN3O3S. The number of thiazole rings is 1. The van der Waals surface area contributed by atoms with Crippen LogP contribution in [-0.2, 0) is 9.59 Å². The first-order valence-electron chi connectivity index (χ1n) is 8.12. The Morgan fingerprint density at radius 1 is 1.18 bits per heavy atom. The van der Waals surface area contributed by atoms with E-state index in [4.69, 9.17) is 16.3 Å². The Hall–Kier alpha value is -2.42. The van der Waals surface area contributed by atoms with E-state index < -0.39 is 0 Å². The number of amides is 2. The molecule has 1 aromatic heterocycles. The summed E-state index contributed by atoms with van der Waals surface area (Å²) in [5, 5.41) is 8.14. The lowest BCUT2D eigenvalue weighted by Crippen LogP contribution is -2.20. The van der Waals surface area contributed by atoms with Gasteiger partial charge >= 0.3 is 0 Å². The Morgan fingerprint density at radius 2 is 1.93 bits per heavy atom. The Bertz CT molecular complexity index is 1010. The van der Waals surface area contributed by atoms with Gasteiger partial charge in [-0.15, -0.1) is 11.3 Å². The third kappa shape index (κ3) is 5.54. The second kappa shape index (κ2) is 9.18. The van der Waals surface area contributed by atoms with Crippen molar-refractivity contribution in [2.45, 2.75) is 6.92 Å². The van der Waals surface area contributed by atoms with Crippen LogP contribution in [0.5, 0.6) is 5.75 Å². The monoisotopic (exact) mass is 479 g/mol. The van der Waals surface area contributed by atoms with Crippen LogP contribution in [-0.4, -0.2) is 23.4 Å². The summed E-state index contributed by atoms with van der Waals surface area (Å²) in [6, 6.07) is 12.5. The van der Waals surface area contributed by atoms with E-state index in [-0.39, 0.29) is 18.4 Å². The summed E-state index contributed by atoms with van der Waals surface area (Å²) in [6.45, 7) is 1.28. The molecule has 0 aliphatic rings. The molecule has 0 bridgehead atoms. The summed E-state index contributed by atoms with van der Waals surface area (Å²) in [5.41, 5.74) is 2.32. The minimum absolute atomic E-state index is 0.127. The highest BCUT2D eigenvalue weighted by atomic mass is 79.9. The number of nitrogens with one attached hydrogen (secondary N) is 2. The first-order chi connectivity index (χ1) is 13.4. The molecule has 3 rings (SSSR count). The number of hydrogen-bond acceptors (Lipinski definition) is 5. The highest BCUT2D eigenvalue weighted by Crippen LogP contribution is 2.28. The summed E-state index contributed by atoms with van der Waals surface area (Å²) in [7, 11) is 0. The summed E-state index contributed by atoms with van der Waals surface area (Å²) < 4.78 is 6.27. The van der Waals surface area contributed by atoms with Crippen molar-refractivity contribution in [1.82, 2.24) is 4.98 Å². The molecule has 0 spiro atoms. The van der Waals surface area contributed by atoms with Crippen LogP contribution >= 0.6 is 38.9 Å². The van der Waals surface area contributed by atoms with Gasteiger partial charge in [-0.25, -0.2) is 4.98 Å². The second-order valence-corrected chi connectivity index (χ2v) is 7.89. The van der Waals surface area contributed by atoms with Crippen LogP contribution in [0, 0.1) is 0 Å². The predicted octanol–water partition coefficient (Wildman–Crippen LogP) is 5.20. The maximum Gasteiger partial charge on any atom is 0.264 e. The fourth-order valence-electron chi connectivity index (χ4n) is 2.28. The van der Waals surface area contributed by atoms with E-state index in [1.165, 1.54) is 18.3 Å². The summed E-state index contributed by atoms with van der Waals surface area (Å²) in [6.07, 6.45) is 0. The Labute approximate surface area is 179 Å². The molecule has 0 saturated carbocycles. The quantitative estimate of drug-likeness (QED) is 0.508. The molecule has 0 atom stereocenters. The molecule has 0 unspecified atom stereocenters. The maximum atomic E-state index is 12.1. The van der Waals surface area contributed by atoms with Crippen molar-refractivity contribution < 1.29 is 14.3 Å². The van der Waals surface area contributed by atoms with Crippen LogP contribution in [0.1, 0.15) is 6.92 Å². The first kappa shape index (κ1) is 20.3. The smallest absolute Gasteiger partial charge is 0.264 e. The molecule has 9 heteroatoms. The molecule has 0 fully saturated rings. The van der Waals surface area contributed by atoms with Gasteiger partial charge in [0.1, 0.15) is 5.75 Å². The molecule has 144 valence electrons. The molecule has 0 aliphatic heterocycles. The molecule has 1 heterocycles. The zero-order valence-electron chi connectivity index (χ0n) is 14.7. The number of carbonyl (C=O) groups excluding carboxylic acids is 2. The third-order valence-electron chi connectivity index (χ3n) is 3.50. The molecule has 2 amide bonds. The molecule has 0 aliphatic carbocycles. The lowest BCUT2D eigenvalue weighted by atomic mass is 10.1. The van der Waals surface area contributed by atoms with Crippen molar-refractivity contribution in [3.05, 3.63) is 57.3 Å². The van der Waals surface area contributed by atoms with Crippen LogP contribution in [0.25, 0.3) is 11.3 Å². The van der Waals surface area contributed by atoms with Gasteiger partial charge in [0, 0.05) is 28.0 Å². The zero-order chi connectivity index (χ0) is 20.1. The average Bonchev–Trinajstić information content (AvgIpc) is 3.09. The fourth-order valence-corrected chi connectivity index (χ4v) is 3.75. The zero-order valence-corrected chi connectivity index (χ0v) is 17.8. The SMILES string of the molecule is CC(=O)Nc1ccc(-c2csc(NC(=O)COc3ccc(Br)cc3Cl)n2)cc1. The van der Waals surface area contributed by atoms with E-state index in [2.05, 4.69) is 31.5 Å². The lowest BCUT2D eigenvalue weighted by Gasteiger charge is -2.07. The maximum absolute atomic E-state index is 12.1. The van der Waals surface area contributed by atoms with Crippen LogP contribution in [0.4, 0.5) is 10.8 Å². The van der Waals surface area contributed by atoms with E-state index in [9.17, 15) is 9.59 Å². The van der Waals surface area contributed by atoms with E-state index in [1.54, 1.807) is 30.3 Å². The number of ether oxygens (including phenoxy) is 1. The molecule has 0 radical (unpaired) electrons. The number of carbonyl (C=O) groups is 2. The summed E-state index contributed by atoms with van der Waals surface area (Å²) >= 11 is 10.7. The molecule has 6 nitrogen and oxygen atoms in total. The van der Waals surface area contributed by atoms with Crippen LogP contribution in [0.15, 0.2) is 52.3 Å². The van der Waals surface area contributed by atoms with Crippen LogP contribution in [0.3, 0.4) is 0 Å². The number of rotatable bonds is 6. The standard InChI is InChI=1S/C19H15BrClN3O3S/c1-11(25)22-14-5-2-12(3-6-14)16-10-28-19(23-16)24-18(26)9-27-17-7-4-13(20)8-15(17)21/h2-8,10H,9H2,1H3,(H,22,25)(H,23,24,26). The van der Waals surface area contributed by atoms with Gasteiger partial charge in [0.05, 0.1) is 10.7 Å². The van der Waals surface area contributed by atoms with E-state index >= 15 is 0 Å². The van der Waals surface area contributed by atoms with Crippen molar-refractivity contribution in [3.63, 3.8) is 0 Å². The highest BCUT2D eigenvalue weighted by molar-refractivity contribution is 9.10. The van der Waals surface area contributed by atoms with Crippen LogP contribution in [0.2, 0.25) is 5.02 Å². The Morgan fingerprint density at radius 3 is 2.61 bits per heavy atom. The van der Waals surface area contributed by atoms with Gasteiger partial charge in [0.2, 0.25) is 5.91 Å². The van der Waals surface area contributed by atoms with Gasteiger partial charge in [0.15, 0.2) is 11.7 Å². The number of nitrogens with zero attached hydrogens (tertiary/aromatic N) is 1. The van der Waals surface area contributed by atoms with Crippen molar-refractivity contribution in [2.24, 2.45) is 0 Å². The highest BCUT2D eigenvalue weighted by Gasteiger charge is 2.10. The van der Waals surface area contributed by atoms with Gasteiger partial charge in [-0.05, 0) is 30.3 Å². The van der Waals surface area contributed by atoms with Crippen molar-refractivity contribution in [1.29, 1.82) is 0 Å². The number of hydrogen-bond donors (Lipinski definition) is 2. The largest absolute Gasteiger partial charge is 0.482 e. The van der Waals surface area contributed by atoms with Gasteiger partial charge in [0.25, 0.3) is 5.91 Å². The van der Waals surface area contributed by atoms with Crippen LogP contribution < -0.4 is 15.4 Å². The molecule has 0 saturated heterocycles. The number of aromatic nitrogens is 1. The normalized spacial score (nSPS) is 10.4. The Balaban J connectivity index is 1.57. The molecule has 3 aromatic rings. The first-order valence-corrected chi connectivity index (χ1v) is 10.2. The van der Waals surface area contributed by atoms with Gasteiger partial charge < -0.3 is 10.1 Å². The number of benzene rings is 2. The third-order valence-corrected chi connectivity index (χ3v) is 5.05. The fraction of sp³-hybridized carbons (Fsp3) is 0.105. The van der Waals surface area contributed by atoms with Crippen molar-refractivity contribution in [3.8, 4) is 17.0 Å². The van der Waals surface area contributed by atoms with Gasteiger partial charge in [-0.1, -0.05) is 39.7 Å². The van der Waals surface area contributed by atoms with E-state index in [1.807, 2.05) is 17.5 Å². The second-order valence-electron chi connectivity index (χ2n) is 5.71. The molecular weight excluding hydrogens is 466 g/mol. The summed E-state index contributed by atoms with van der Waals surface area (Å²) in [4.78, 5) is 27.6.